The highest BCUT2D eigenvalue weighted by Gasteiger charge is 2.19. The monoisotopic (exact) mass is 374 g/mol. The molecule has 0 N–H and O–H groups in total. The van der Waals surface area contributed by atoms with Gasteiger partial charge in [0, 0.05) is 6.26 Å². The van der Waals surface area contributed by atoms with Crippen LogP contribution < -0.4 is 9.47 Å². The quantitative estimate of drug-likeness (QED) is 0.605. The number of aromatic nitrogens is 2. The first-order chi connectivity index (χ1) is 12.5. The molecule has 3 rings (SSSR count). The minimum Gasteiger partial charge on any atom is -0.494 e. The van der Waals surface area contributed by atoms with Crippen LogP contribution in [0.2, 0.25) is 0 Å². The molecule has 0 saturated heterocycles. The van der Waals surface area contributed by atoms with E-state index in [1.54, 1.807) is 10.6 Å². The van der Waals surface area contributed by atoms with E-state index in [-0.39, 0.29) is 5.16 Å². The van der Waals surface area contributed by atoms with Gasteiger partial charge in [-0.1, -0.05) is 19.1 Å². The minimum atomic E-state index is -3.43. The maximum atomic E-state index is 12.0. The smallest absolute Gasteiger partial charge is 0.228 e. The summed E-state index contributed by atoms with van der Waals surface area (Å²) in [4.78, 5) is 4.25. The SMILES string of the molecule is CCCOc1ccc(OCCn2c(S(C)(=O)=O)nc3ccccc32)cc1. The molecule has 26 heavy (non-hydrogen) atoms. The minimum absolute atomic E-state index is 0.0608. The van der Waals surface area contributed by atoms with E-state index in [1.807, 2.05) is 42.5 Å². The molecule has 0 radical (unpaired) electrons. The number of benzene rings is 2. The summed E-state index contributed by atoms with van der Waals surface area (Å²) >= 11 is 0. The van der Waals surface area contributed by atoms with E-state index in [0.29, 0.717) is 31.0 Å². The van der Waals surface area contributed by atoms with Crippen molar-refractivity contribution >= 4 is 20.9 Å². The number of rotatable bonds is 8. The average molecular weight is 374 g/mol. The third-order valence-corrected chi connectivity index (χ3v) is 4.81. The van der Waals surface area contributed by atoms with E-state index in [4.69, 9.17) is 9.47 Å². The van der Waals surface area contributed by atoms with Crippen molar-refractivity contribution in [3.8, 4) is 11.5 Å². The van der Waals surface area contributed by atoms with Crippen molar-refractivity contribution in [2.24, 2.45) is 0 Å². The molecule has 0 saturated carbocycles. The molecule has 0 aliphatic heterocycles. The molecule has 0 amide bonds. The first-order valence-electron chi connectivity index (χ1n) is 8.50. The van der Waals surface area contributed by atoms with Gasteiger partial charge in [-0.3, -0.25) is 0 Å². The van der Waals surface area contributed by atoms with Crippen LogP contribution in [-0.2, 0) is 16.4 Å². The maximum Gasteiger partial charge on any atom is 0.228 e. The van der Waals surface area contributed by atoms with Crippen LogP contribution in [0.25, 0.3) is 11.0 Å². The third kappa shape index (κ3) is 4.16. The van der Waals surface area contributed by atoms with Crippen LogP contribution in [0, 0.1) is 0 Å². The summed E-state index contributed by atoms with van der Waals surface area (Å²) < 4.78 is 37.1. The highest BCUT2D eigenvalue weighted by molar-refractivity contribution is 7.90. The topological polar surface area (TPSA) is 70.4 Å². The van der Waals surface area contributed by atoms with Gasteiger partial charge in [0.15, 0.2) is 0 Å². The Morgan fingerprint density at radius 1 is 0.962 bits per heavy atom. The molecule has 0 atom stereocenters. The fourth-order valence-corrected chi connectivity index (χ4v) is 3.51. The number of imidazole rings is 1. The molecule has 138 valence electrons. The first-order valence-corrected chi connectivity index (χ1v) is 10.4. The molecule has 6 nitrogen and oxygen atoms in total. The molecule has 7 heteroatoms. The van der Waals surface area contributed by atoms with Crippen LogP contribution in [0.1, 0.15) is 13.3 Å². The molecule has 0 fully saturated rings. The van der Waals surface area contributed by atoms with E-state index in [9.17, 15) is 8.42 Å². The lowest BCUT2D eigenvalue weighted by Gasteiger charge is -2.11. The number of hydrogen-bond acceptors (Lipinski definition) is 5. The Hall–Kier alpha value is -2.54. The van der Waals surface area contributed by atoms with Crippen molar-refractivity contribution in [3.05, 3.63) is 48.5 Å². The second kappa shape index (κ2) is 7.78. The molecule has 3 aromatic rings. The van der Waals surface area contributed by atoms with Crippen molar-refractivity contribution in [1.29, 1.82) is 0 Å². The highest BCUT2D eigenvalue weighted by atomic mass is 32.2. The Kier molecular flexibility index (Phi) is 5.46. The Morgan fingerprint density at radius 3 is 2.19 bits per heavy atom. The zero-order valence-electron chi connectivity index (χ0n) is 14.9. The zero-order valence-corrected chi connectivity index (χ0v) is 15.7. The highest BCUT2D eigenvalue weighted by Crippen LogP contribution is 2.21. The second-order valence-corrected chi connectivity index (χ2v) is 7.88. The van der Waals surface area contributed by atoms with Gasteiger partial charge in [0.25, 0.3) is 0 Å². The molecule has 0 aliphatic rings. The normalized spacial score (nSPS) is 11.6. The van der Waals surface area contributed by atoms with Gasteiger partial charge in [0.05, 0.1) is 24.2 Å². The predicted octanol–water partition coefficient (Wildman–Crippen LogP) is 3.31. The van der Waals surface area contributed by atoms with E-state index < -0.39 is 9.84 Å². The van der Waals surface area contributed by atoms with Crippen molar-refractivity contribution in [3.63, 3.8) is 0 Å². The lowest BCUT2D eigenvalue weighted by molar-refractivity contribution is 0.292. The largest absolute Gasteiger partial charge is 0.494 e. The molecular formula is C19H22N2O4S. The van der Waals surface area contributed by atoms with Crippen LogP contribution in [0.4, 0.5) is 0 Å². The molecule has 2 aromatic carbocycles. The van der Waals surface area contributed by atoms with Crippen LogP contribution in [0.3, 0.4) is 0 Å². The number of sulfone groups is 1. The summed E-state index contributed by atoms with van der Waals surface area (Å²) in [6.07, 6.45) is 2.13. The van der Waals surface area contributed by atoms with Crippen molar-refractivity contribution in [2.75, 3.05) is 19.5 Å². The average Bonchev–Trinajstić information content (AvgIpc) is 3.00. The number of hydrogen-bond donors (Lipinski definition) is 0. The Morgan fingerprint density at radius 2 is 1.58 bits per heavy atom. The van der Waals surface area contributed by atoms with Crippen LogP contribution in [0.15, 0.2) is 53.7 Å². The van der Waals surface area contributed by atoms with Gasteiger partial charge in [0.2, 0.25) is 15.0 Å². The summed E-state index contributed by atoms with van der Waals surface area (Å²) in [5.74, 6) is 1.51. The van der Waals surface area contributed by atoms with E-state index in [1.165, 1.54) is 6.26 Å². The van der Waals surface area contributed by atoms with Crippen molar-refractivity contribution in [1.82, 2.24) is 9.55 Å². The molecular weight excluding hydrogens is 352 g/mol. The summed E-state index contributed by atoms with van der Waals surface area (Å²) in [6, 6.07) is 14.8. The van der Waals surface area contributed by atoms with E-state index in [2.05, 4.69) is 11.9 Å². The third-order valence-electron chi connectivity index (χ3n) is 3.83. The van der Waals surface area contributed by atoms with Gasteiger partial charge in [-0.2, -0.15) is 0 Å². The number of nitrogens with zero attached hydrogens (tertiary/aromatic N) is 2. The van der Waals surface area contributed by atoms with Crippen molar-refractivity contribution < 1.29 is 17.9 Å². The summed E-state index contributed by atoms with van der Waals surface area (Å²) in [5, 5.41) is 0.0608. The van der Waals surface area contributed by atoms with Crippen LogP contribution in [0.5, 0.6) is 11.5 Å². The number of fused-ring (bicyclic) bond motifs is 1. The van der Waals surface area contributed by atoms with Gasteiger partial charge in [-0.15, -0.1) is 0 Å². The molecule has 0 unspecified atom stereocenters. The molecule has 1 heterocycles. The molecule has 0 aliphatic carbocycles. The molecule has 0 spiro atoms. The summed E-state index contributed by atoms with van der Waals surface area (Å²) in [6.45, 7) is 3.46. The summed E-state index contributed by atoms with van der Waals surface area (Å²) in [5.41, 5.74) is 1.44. The van der Waals surface area contributed by atoms with Gasteiger partial charge < -0.3 is 14.0 Å². The molecule has 0 bridgehead atoms. The second-order valence-electron chi connectivity index (χ2n) is 5.98. The predicted molar refractivity (Wildman–Crippen MR) is 101 cm³/mol. The Labute approximate surface area is 153 Å². The van der Waals surface area contributed by atoms with Gasteiger partial charge >= 0.3 is 0 Å². The maximum absolute atomic E-state index is 12.0. The zero-order chi connectivity index (χ0) is 18.6. The van der Waals surface area contributed by atoms with Crippen LogP contribution >= 0.6 is 0 Å². The Bertz CT molecular complexity index is 978. The van der Waals surface area contributed by atoms with Gasteiger partial charge in [-0.05, 0) is 42.8 Å². The molecule has 1 aromatic heterocycles. The number of ether oxygens (including phenoxy) is 2. The van der Waals surface area contributed by atoms with Crippen molar-refractivity contribution in [2.45, 2.75) is 25.0 Å². The fraction of sp³-hybridized carbons (Fsp3) is 0.316. The summed E-state index contributed by atoms with van der Waals surface area (Å²) in [7, 11) is -3.43. The standard InChI is InChI=1S/C19H22N2O4S/c1-3-13-24-15-8-10-16(11-9-15)25-14-12-21-18-7-5-4-6-17(18)20-19(21)26(2,22)23/h4-11H,3,12-14H2,1-2H3. The van der Waals surface area contributed by atoms with E-state index >= 15 is 0 Å². The van der Waals surface area contributed by atoms with Gasteiger partial charge in [-0.25, -0.2) is 13.4 Å². The Balaban J connectivity index is 1.72. The van der Waals surface area contributed by atoms with E-state index in [0.717, 1.165) is 17.7 Å². The lowest BCUT2D eigenvalue weighted by Crippen LogP contribution is -2.14. The van der Waals surface area contributed by atoms with Crippen LogP contribution in [-0.4, -0.2) is 37.4 Å². The number of para-hydroxylation sites is 2. The lowest BCUT2D eigenvalue weighted by atomic mass is 10.3. The fourth-order valence-electron chi connectivity index (χ4n) is 2.66. The first kappa shape index (κ1) is 18.3. The van der Waals surface area contributed by atoms with Gasteiger partial charge in [0.1, 0.15) is 18.1 Å².